The third kappa shape index (κ3) is 3.35. The van der Waals surface area contributed by atoms with Gasteiger partial charge >= 0.3 is 0 Å². The summed E-state index contributed by atoms with van der Waals surface area (Å²) >= 11 is 1.75. The SMILES string of the molecule is CCC(C)Sc1nc(C)cc(C)n1. The molecule has 0 fully saturated rings. The number of rotatable bonds is 3. The molecule has 0 N–H and O–H groups in total. The highest BCUT2D eigenvalue weighted by molar-refractivity contribution is 7.99. The fourth-order valence-corrected chi connectivity index (χ4v) is 1.93. The Morgan fingerprint density at radius 2 is 1.85 bits per heavy atom. The normalized spacial score (nSPS) is 12.9. The fourth-order valence-electron chi connectivity index (χ4n) is 1.01. The van der Waals surface area contributed by atoms with Gasteiger partial charge in [-0.05, 0) is 26.3 Å². The minimum atomic E-state index is 0.598. The van der Waals surface area contributed by atoms with Gasteiger partial charge in [-0.1, -0.05) is 25.6 Å². The van der Waals surface area contributed by atoms with Crippen LogP contribution in [0.4, 0.5) is 0 Å². The maximum atomic E-state index is 4.37. The Labute approximate surface area is 84.2 Å². The van der Waals surface area contributed by atoms with Crippen molar-refractivity contribution >= 4 is 11.8 Å². The lowest BCUT2D eigenvalue weighted by molar-refractivity contribution is 0.865. The molecule has 0 radical (unpaired) electrons. The van der Waals surface area contributed by atoms with Gasteiger partial charge in [0, 0.05) is 16.6 Å². The van der Waals surface area contributed by atoms with Crippen molar-refractivity contribution in [3.8, 4) is 0 Å². The smallest absolute Gasteiger partial charge is 0.188 e. The molecule has 1 aromatic rings. The fraction of sp³-hybridized carbons (Fsp3) is 0.600. The molecule has 0 spiro atoms. The largest absolute Gasteiger partial charge is 0.228 e. The highest BCUT2D eigenvalue weighted by Crippen LogP contribution is 2.21. The quantitative estimate of drug-likeness (QED) is 0.549. The second-order valence-electron chi connectivity index (χ2n) is 3.27. The van der Waals surface area contributed by atoms with Crippen LogP contribution < -0.4 is 0 Å². The number of nitrogens with zero attached hydrogens (tertiary/aromatic N) is 2. The number of hydrogen-bond acceptors (Lipinski definition) is 3. The van der Waals surface area contributed by atoms with E-state index in [1.807, 2.05) is 19.9 Å². The molecular weight excluding hydrogens is 180 g/mol. The van der Waals surface area contributed by atoms with Crippen molar-refractivity contribution in [3.05, 3.63) is 17.5 Å². The van der Waals surface area contributed by atoms with Gasteiger partial charge in [0.1, 0.15) is 0 Å². The first-order chi connectivity index (χ1) is 6.11. The summed E-state index contributed by atoms with van der Waals surface area (Å²) in [4.78, 5) is 8.75. The standard InChI is InChI=1S/C10H16N2S/c1-5-9(4)13-10-11-7(2)6-8(3)12-10/h6,9H,5H2,1-4H3. The zero-order valence-corrected chi connectivity index (χ0v) is 9.48. The molecule has 1 rings (SSSR count). The van der Waals surface area contributed by atoms with Crippen LogP contribution in [0, 0.1) is 13.8 Å². The first-order valence-corrected chi connectivity index (χ1v) is 5.48. The molecule has 13 heavy (non-hydrogen) atoms. The molecule has 1 unspecified atom stereocenters. The molecule has 0 aromatic carbocycles. The van der Waals surface area contributed by atoms with Gasteiger partial charge in [0.2, 0.25) is 0 Å². The molecule has 72 valence electrons. The van der Waals surface area contributed by atoms with E-state index in [9.17, 15) is 0 Å². The van der Waals surface area contributed by atoms with Crippen LogP contribution in [0.2, 0.25) is 0 Å². The highest BCUT2D eigenvalue weighted by atomic mass is 32.2. The third-order valence-corrected chi connectivity index (χ3v) is 2.97. The zero-order valence-electron chi connectivity index (χ0n) is 8.66. The Morgan fingerprint density at radius 1 is 1.31 bits per heavy atom. The lowest BCUT2D eigenvalue weighted by atomic mass is 10.4. The molecule has 0 bridgehead atoms. The van der Waals surface area contributed by atoms with Gasteiger partial charge < -0.3 is 0 Å². The molecule has 0 aliphatic rings. The van der Waals surface area contributed by atoms with Crippen LogP contribution in [0.3, 0.4) is 0 Å². The minimum Gasteiger partial charge on any atom is -0.228 e. The van der Waals surface area contributed by atoms with Gasteiger partial charge in [-0.25, -0.2) is 9.97 Å². The second-order valence-corrected chi connectivity index (χ2v) is 4.68. The Bertz CT molecular complexity index is 266. The highest BCUT2D eigenvalue weighted by Gasteiger charge is 2.05. The summed E-state index contributed by atoms with van der Waals surface area (Å²) in [5.74, 6) is 0. The molecule has 0 saturated carbocycles. The van der Waals surface area contributed by atoms with Gasteiger partial charge in [0.05, 0.1) is 0 Å². The van der Waals surface area contributed by atoms with Crippen LogP contribution >= 0.6 is 11.8 Å². The summed E-state index contributed by atoms with van der Waals surface area (Å²) in [5.41, 5.74) is 2.11. The van der Waals surface area contributed by atoms with E-state index in [0.717, 1.165) is 23.0 Å². The van der Waals surface area contributed by atoms with E-state index in [-0.39, 0.29) is 0 Å². The van der Waals surface area contributed by atoms with Crippen molar-refractivity contribution < 1.29 is 0 Å². The summed E-state index contributed by atoms with van der Waals surface area (Å²) in [5, 5.41) is 1.51. The number of hydrogen-bond donors (Lipinski definition) is 0. The molecule has 0 aliphatic heterocycles. The maximum absolute atomic E-state index is 4.37. The van der Waals surface area contributed by atoms with E-state index in [1.54, 1.807) is 11.8 Å². The zero-order chi connectivity index (χ0) is 9.84. The van der Waals surface area contributed by atoms with E-state index < -0.39 is 0 Å². The predicted octanol–water partition coefficient (Wildman–Crippen LogP) is 2.98. The Kier molecular flexibility index (Phi) is 3.72. The molecule has 0 amide bonds. The molecule has 3 heteroatoms. The van der Waals surface area contributed by atoms with E-state index in [1.165, 1.54) is 0 Å². The van der Waals surface area contributed by atoms with Gasteiger partial charge in [0.15, 0.2) is 5.16 Å². The van der Waals surface area contributed by atoms with Gasteiger partial charge in [0.25, 0.3) is 0 Å². The van der Waals surface area contributed by atoms with E-state index in [2.05, 4.69) is 23.8 Å². The summed E-state index contributed by atoms with van der Waals surface area (Å²) in [6.45, 7) is 8.40. The summed E-state index contributed by atoms with van der Waals surface area (Å²) in [6.07, 6.45) is 1.15. The predicted molar refractivity (Wildman–Crippen MR) is 57.1 cm³/mol. The molecule has 1 aromatic heterocycles. The van der Waals surface area contributed by atoms with Gasteiger partial charge in [-0.2, -0.15) is 0 Å². The maximum Gasteiger partial charge on any atom is 0.188 e. The number of thioether (sulfide) groups is 1. The van der Waals surface area contributed by atoms with Crippen molar-refractivity contribution in [2.75, 3.05) is 0 Å². The van der Waals surface area contributed by atoms with Crippen molar-refractivity contribution in [2.24, 2.45) is 0 Å². The van der Waals surface area contributed by atoms with Crippen LogP contribution in [0.5, 0.6) is 0 Å². The topological polar surface area (TPSA) is 25.8 Å². The van der Waals surface area contributed by atoms with Crippen LogP contribution in [0.15, 0.2) is 11.2 Å². The first-order valence-electron chi connectivity index (χ1n) is 4.60. The van der Waals surface area contributed by atoms with Crippen LogP contribution in [-0.4, -0.2) is 15.2 Å². The average Bonchev–Trinajstić information content (AvgIpc) is 2.02. The lowest BCUT2D eigenvalue weighted by Crippen LogP contribution is -1.98. The molecule has 1 heterocycles. The van der Waals surface area contributed by atoms with Crippen LogP contribution in [0.1, 0.15) is 31.7 Å². The van der Waals surface area contributed by atoms with Crippen molar-refractivity contribution in [1.29, 1.82) is 0 Å². The van der Waals surface area contributed by atoms with Gasteiger partial charge in [-0.15, -0.1) is 0 Å². The van der Waals surface area contributed by atoms with Crippen LogP contribution in [0.25, 0.3) is 0 Å². The summed E-state index contributed by atoms with van der Waals surface area (Å²) in [7, 11) is 0. The Balaban J connectivity index is 2.77. The third-order valence-electron chi connectivity index (χ3n) is 1.84. The minimum absolute atomic E-state index is 0.598. The lowest BCUT2D eigenvalue weighted by Gasteiger charge is -2.07. The Morgan fingerprint density at radius 3 is 2.31 bits per heavy atom. The van der Waals surface area contributed by atoms with Crippen molar-refractivity contribution in [2.45, 2.75) is 44.5 Å². The molecule has 2 nitrogen and oxygen atoms in total. The Hall–Kier alpha value is -0.570. The van der Waals surface area contributed by atoms with E-state index >= 15 is 0 Å². The van der Waals surface area contributed by atoms with Crippen molar-refractivity contribution in [1.82, 2.24) is 9.97 Å². The monoisotopic (exact) mass is 196 g/mol. The van der Waals surface area contributed by atoms with Crippen molar-refractivity contribution in [3.63, 3.8) is 0 Å². The van der Waals surface area contributed by atoms with E-state index in [0.29, 0.717) is 5.25 Å². The van der Waals surface area contributed by atoms with E-state index in [4.69, 9.17) is 0 Å². The average molecular weight is 196 g/mol. The number of aromatic nitrogens is 2. The molecule has 1 atom stereocenters. The first kappa shape index (κ1) is 10.5. The van der Waals surface area contributed by atoms with Gasteiger partial charge in [-0.3, -0.25) is 0 Å². The molecule has 0 aliphatic carbocycles. The summed E-state index contributed by atoms with van der Waals surface area (Å²) < 4.78 is 0. The second kappa shape index (κ2) is 4.61. The number of aryl methyl sites for hydroxylation is 2. The molecular formula is C10H16N2S. The molecule has 0 saturated heterocycles. The summed E-state index contributed by atoms with van der Waals surface area (Å²) in [6, 6.07) is 2.00. The van der Waals surface area contributed by atoms with Crippen LogP contribution in [-0.2, 0) is 0 Å².